The minimum atomic E-state index is -1.10. The van der Waals surface area contributed by atoms with Crippen LogP contribution in [0.5, 0.6) is 0 Å². The van der Waals surface area contributed by atoms with Gasteiger partial charge in [-0.15, -0.1) is 0 Å². The normalized spacial score (nSPS) is 29.9. The summed E-state index contributed by atoms with van der Waals surface area (Å²) in [7, 11) is 1.39. The number of carboxylic acids is 1. The summed E-state index contributed by atoms with van der Waals surface area (Å²) in [4.78, 5) is 23.0. The standard InChI is InChI=1S/C11H20N2O4/c1-11(5-3-4-8(11)12)10(16)13-7(6-17-2)9(14)15/h7-8H,3-6,12H2,1-2H3,(H,13,16)(H,14,15). The van der Waals surface area contributed by atoms with Crippen molar-refractivity contribution in [3.8, 4) is 0 Å². The van der Waals surface area contributed by atoms with Crippen LogP contribution in [0.3, 0.4) is 0 Å². The van der Waals surface area contributed by atoms with Gasteiger partial charge in [0.15, 0.2) is 6.04 Å². The smallest absolute Gasteiger partial charge is 0.328 e. The Morgan fingerprint density at radius 1 is 1.65 bits per heavy atom. The molecule has 3 atom stereocenters. The van der Waals surface area contributed by atoms with Gasteiger partial charge in [0.2, 0.25) is 5.91 Å². The molecule has 0 aromatic heterocycles. The van der Waals surface area contributed by atoms with Crippen LogP contribution in [-0.4, -0.2) is 42.8 Å². The Labute approximate surface area is 101 Å². The molecule has 3 unspecified atom stereocenters. The number of aliphatic carboxylic acids is 1. The predicted octanol–water partition coefficient (Wildman–Crippen LogP) is -0.280. The predicted molar refractivity (Wildman–Crippen MR) is 61.4 cm³/mol. The molecule has 1 rings (SSSR count). The number of rotatable bonds is 5. The van der Waals surface area contributed by atoms with Gasteiger partial charge in [-0.25, -0.2) is 4.79 Å². The molecule has 98 valence electrons. The molecule has 0 aromatic rings. The summed E-state index contributed by atoms with van der Waals surface area (Å²) in [5.41, 5.74) is 5.24. The van der Waals surface area contributed by atoms with Gasteiger partial charge < -0.3 is 20.9 Å². The van der Waals surface area contributed by atoms with Crippen molar-refractivity contribution in [1.82, 2.24) is 5.32 Å². The lowest BCUT2D eigenvalue weighted by Crippen LogP contribution is -2.53. The molecule has 1 aliphatic rings. The second-order valence-corrected chi connectivity index (χ2v) is 4.74. The van der Waals surface area contributed by atoms with Crippen LogP contribution in [0.15, 0.2) is 0 Å². The quantitative estimate of drug-likeness (QED) is 0.617. The molecule has 0 aromatic carbocycles. The van der Waals surface area contributed by atoms with E-state index in [0.29, 0.717) is 6.42 Å². The zero-order valence-corrected chi connectivity index (χ0v) is 10.2. The Hall–Kier alpha value is -1.14. The van der Waals surface area contributed by atoms with Gasteiger partial charge in [-0.05, 0) is 19.8 Å². The third-order valence-corrected chi connectivity index (χ3v) is 3.49. The Morgan fingerprint density at radius 2 is 2.29 bits per heavy atom. The van der Waals surface area contributed by atoms with Crippen molar-refractivity contribution in [3.05, 3.63) is 0 Å². The van der Waals surface area contributed by atoms with E-state index in [1.54, 1.807) is 6.92 Å². The van der Waals surface area contributed by atoms with E-state index in [-0.39, 0.29) is 18.6 Å². The van der Waals surface area contributed by atoms with Gasteiger partial charge in [-0.2, -0.15) is 0 Å². The summed E-state index contributed by atoms with van der Waals surface area (Å²) in [6, 6.07) is -1.23. The number of carbonyl (C=O) groups excluding carboxylic acids is 1. The lowest BCUT2D eigenvalue weighted by Gasteiger charge is -2.29. The van der Waals surface area contributed by atoms with E-state index in [2.05, 4.69) is 5.32 Å². The van der Waals surface area contributed by atoms with E-state index in [1.807, 2.05) is 0 Å². The molecule has 1 saturated carbocycles. The van der Waals surface area contributed by atoms with Crippen molar-refractivity contribution in [2.24, 2.45) is 11.1 Å². The molecule has 0 radical (unpaired) electrons. The van der Waals surface area contributed by atoms with Gasteiger partial charge in [0.25, 0.3) is 0 Å². The SMILES string of the molecule is COCC(NC(=O)C1(C)CCCC1N)C(=O)O. The van der Waals surface area contributed by atoms with Crippen LogP contribution in [0.25, 0.3) is 0 Å². The highest BCUT2D eigenvalue weighted by molar-refractivity contribution is 5.88. The fourth-order valence-electron chi connectivity index (χ4n) is 2.14. The number of nitrogens with one attached hydrogen (secondary N) is 1. The minimum absolute atomic E-state index is 0.0492. The van der Waals surface area contributed by atoms with Crippen molar-refractivity contribution in [2.75, 3.05) is 13.7 Å². The first-order valence-electron chi connectivity index (χ1n) is 5.70. The fourth-order valence-corrected chi connectivity index (χ4v) is 2.14. The van der Waals surface area contributed by atoms with E-state index >= 15 is 0 Å². The summed E-state index contributed by atoms with van der Waals surface area (Å²) in [6.45, 7) is 1.73. The maximum absolute atomic E-state index is 12.1. The van der Waals surface area contributed by atoms with Crippen LogP contribution in [0.4, 0.5) is 0 Å². The van der Waals surface area contributed by atoms with Gasteiger partial charge in [0.1, 0.15) is 0 Å². The third kappa shape index (κ3) is 2.95. The largest absolute Gasteiger partial charge is 0.480 e. The van der Waals surface area contributed by atoms with Crippen molar-refractivity contribution in [3.63, 3.8) is 0 Å². The topological polar surface area (TPSA) is 102 Å². The monoisotopic (exact) mass is 244 g/mol. The van der Waals surface area contributed by atoms with Crippen LogP contribution >= 0.6 is 0 Å². The number of carboxylic acid groups (broad SMARTS) is 1. The molecular weight excluding hydrogens is 224 g/mol. The molecular formula is C11H20N2O4. The Balaban J connectivity index is 2.66. The molecule has 4 N–H and O–H groups in total. The van der Waals surface area contributed by atoms with Crippen LogP contribution < -0.4 is 11.1 Å². The minimum Gasteiger partial charge on any atom is -0.480 e. The summed E-state index contributed by atoms with van der Waals surface area (Å²) < 4.78 is 4.76. The first-order chi connectivity index (χ1) is 7.91. The van der Waals surface area contributed by atoms with E-state index in [1.165, 1.54) is 7.11 Å². The van der Waals surface area contributed by atoms with E-state index in [4.69, 9.17) is 15.6 Å². The zero-order valence-electron chi connectivity index (χ0n) is 10.2. The van der Waals surface area contributed by atoms with Crippen LogP contribution in [0, 0.1) is 5.41 Å². The van der Waals surface area contributed by atoms with Gasteiger partial charge >= 0.3 is 5.97 Å². The molecule has 0 saturated heterocycles. The first-order valence-corrected chi connectivity index (χ1v) is 5.70. The number of ether oxygens (including phenoxy) is 1. The number of carbonyl (C=O) groups is 2. The van der Waals surface area contributed by atoms with Gasteiger partial charge in [0.05, 0.1) is 12.0 Å². The highest BCUT2D eigenvalue weighted by Gasteiger charge is 2.44. The molecule has 0 heterocycles. The number of amides is 1. The average molecular weight is 244 g/mol. The molecule has 0 aliphatic heterocycles. The molecule has 6 nitrogen and oxygen atoms in total. The molecule has 0 bridgehead atoms. The lowest BCUT2D eigenvalue weighted by molar-refractivity contribution is -0.145. The van der Waals surface area contributed by atoms with Gasteiger partial charge in [-0.1, -0.05) is 6.42 Å². The first kappa shape index (κ1) is 13.9. The molecule has 1 aliphatic carbocycles. The highest BCUT2D eigenvalue weighted by Crippen LogP contribution is 2.36. The molecule has 17 heavy (non-hydrogen) atoms. The van der Waals surface area contributed by atoms with Crippen LogP contribution in [-0.2, 0) is 14.3 Å². The third-order valence-electron chi connectivity index (χ3n) is 3.49. The van der Waals surface area contributed by atoms with Gasteiger partial charge in [0, 0.05) is 13.2 Å². The van der Waals surface area contributed by atoms with Crippen LogP contribution in [0.1, 0.15) is 26.2 Å². The molecule has 0 spiro atoms. The van der Waals surface area contributed by atoms with Gasteiger partial charge in [-0.3, -0.25) is 4.79 Å². The number of hydrogen-bond donors (Lipinski definition) is 3. The Morgan fingerprint density at radius 3 is 2.71 bits per heavy atom. The van der Waals surface area contributed by atoms with Crippen molar-refractivity contribution >= 4 is 11.9 Å². The van der Waals surface area contributed by atoms with Crippen LogP contribution in [0.2, 0.25) is 0 Å². The molecule has 1 fully saturated rings. The van der Waals surface area contributed by atoms with Crippen molar-refractivity contribution in [1.29, 1.82) is 0 Å². The zero-order chi connectivity index (χ0) is 13.1. The Bertz CT molecular complexity index is 308. The number of methoxy groups -OCH3 is 1. The molecule has 1 amide bonds. The van der Waals surface area contributed by atoms with E-state index in [0.717, 1.165) is 12.8 Å². The number of hydrogen-bond acceptors (Lipinski definition) is 4. The molecule has 6 heteroatoms. The summed E-state index contributed by atoms with van der Waals surface area (Å²) in [5, 5.41) is 11.4. The second-order valence-electron chi connectivity index (χ2n) is 4.74. The lowest BCUT2D eigenvalue weighted by atomic mass is 9.84. The van der Waals surface area contributed by atoms with E-state index in [9.17, 15) is 9.59 Å². The highest BCUT2D eigenvalue weighted by atomic mass is 16.5. The van der Waals surface area contributed by atoms with E-state index < -0.39 is 17.4 Å². The fraction of sp³-hybridized carbons (Fsp3) is 0.818. The summed E-state index contributed by atoms with van der Waals surface area (Å²) in [5.74, 6) is -1.40. The maximum Gasteiger partial charge on any atom is 0.328 e. The maximum atomic E-state index is 12.1. The summed E-state index contributed by atoms with van der Waals surface area (Å²) >= 11 is 0. The Kier molecular flexibility index (Phi) is 4.47. The summed E-state index contributed by atoms with van der Waals surface area (Å²) in [6.07, 6.45) is 2.39. The number of nitrogens with two attached hydrogens (primary N) is 1. The van der Waals surface area contributed by atoms with Crippen molar-refractivity contribution < 1.29 is 19.4 Å². The second kappa shape index (κ2) is 5.46. The van der Waals surface area contributed by atoms with Crippen molar-refractivity contribution in [2.45, 2.75) is 38.3 Å². The average Bonchev–Trinajstić information content (AvgIpc) is 2.59.